The highest BCUT2D eigenvalue weighted by atomic mass is 35.5. The van der Waals surface area contributed by atoms with Gasteiger partial charge in [-0.2, -0.15) is 0 Å². The van der Waals surface area contributed by atoms with Gasteiger partial charge in [0.15, 0.2) is 0 Å². The van der Waals surface area contributed by atoms with Gasteiger partial charge in [0.05, 0.1) is 5.02 Å². The minimum Gasteiger partial charge on any atom is -0.292 e. The smallest absolute Gasteiger partial charge is 0.217 e. The Kier molecular flexibility index (Phi) is 3.22. The summed E-state index contributed by atoms with van der Waals surface area (Å²) in [7, 11) is 3.65. The second kappa shape index (κ2) is 4.03. The van der Waals surface area contributed by atoms with E-state index in [1.165, 1.54) is 0 Å². The van der Waals surface area contributed by atoms with E-state index in [1.807, 2.05) is 14.0 Å². The SMILES string of the molecule is Cc1cnc(Cl)n(C)n(C)cc1Cl. The lowest BCUT2D eigenvalue weighted by molar-refractivity contribution is 0.567. The monoisotopic (exact) mass is 219 g/mol. The van der Waals surface area contributed by atoms with Gasteiger partial charge in [-0.1, -0.05) is 11.6 Å². The molecule has 0 N–H and O–H groups in total. The van der Waals surface area contributed by atoms with E-state index in [9.17, 15) is 0 Å². The molecule has 0 fully saturated rings. The number of hydrogen-bond acceptors (Lipinski definition) is 1. The van der Waals surface area contributed by atoms with Gasteiger partial charge in [-0.05, 0) is 24.1 Å². The van der Waals surface area contributed by atoms with Gasteiger partial charge in [0.2, 0.25) is 5.28 Å². The van der Waals surface area contributed by atoms with Crippen LogP contribution in [-0.2, 0) is 14.1 Å². The summed E-state index contributed by atoms with van der Waals surface area (Å²) in [6.45, 7) is 1.88. The molecule has 0 aromatic carbocycles. The van der Waals surface area contributed by atoms with Gasteiger partial charge < -0.3 is 0 Å². The minimum absolute atomic E-state index is 0.405. The summed E-state index contributed by atoms with van der Waals surface area (Å²) in [4.78, 5) is 4.03. The molecule has 72 valence electrons. The molecule has 5 heteroatoms. The maximum absolute atomic E-state index is 5.96. The van der Waals surface area contributed by atoms with E-state index >= 15 is 0 Å². The van der Waals surface area contributed by atoms with Crippen LogP contribution in [0.1, 0.15) is 5.56 Å². The molecule has 0 aliphatic rings. The molecule has 1 aromatic rings. The van der Waals surface area contributed by atoms with Crippen molar-refractivity contribution < 1.29 is 0 Å². The van der Waals surface area contributed by atoms with E-state index in [1.54, 1.807) is 28.8 Å². The molecule has 0 aliphatic carbocycles. The van der Waals surface area contributed by atoms with E-state index in [0.29, 0.717) is 10.3 Å². The number of hydrogen-bond donors (Lipinski definition) is 0. The summed E-state index contributed by atoms with van der Waals surface area (Å²) in [6, 6.07) is 0. The second-order valence-corrected chi connectivity index (χ2v) is 3.53. The predicted molar refractivity (Wildman–Crippen MR) is 54.6 cm³/mol. The van der Waals surface area contributed by atoms with Gasteiger partial charge in [-0.25, -0.2) is 4.98 Å². The van der Waals surface area contributed by atoms with E-state index < -0.39 is 0 Å². The predicted octanol–water partition coefficient (Wildman–Crippen LogP) is 2.50. The first-order chi connectivity index (χ1) is 6.02. The zero-order chi connectivity index (χ0) is 10.0. The molecule has 0 unspecified atom stereocenters. The van der Waals surface area contributed by atoms with Crippen molar-refractivity contribution in [2.75, 3.05) is 0 Å². The molecule has 1 rings (SSSR count). The van der Waals surface area contributed by atoms with Crippen molar-refractivity contribution in [3.05, 3.63) is 28.3 Å². The van der Waals surface area contributed by atoms with Crippen LogP contribution in [0.15, 0.2) is 12.4 Å². The fourth-order valence-corrected chi connectivity index (χ4v) is 1.14. The zero-order valence-corrected chi connectivity index (χ0v) is 9.26. The molecule has 0 saturated carbocycles. The summed E-state index contributed by atoms with van der Waals surface area (Å²) in [5.74, 6) is 0. The first-order valence-corrected chi connectivity index (χ1v) is 4.52. The standard InChI is InChI=1S/C8H11Cl2N3/c1-6-4-11-8(10)13(3)12(2)5-7(6)9/h4-5H,1-3H3. The Bertz CT molecular complexity index is 364. The molecule has 0 aliphatic heterocycles. The zero-order valence-electron chi connectivity index (χ0n) is 7.75. The third kappa shape index (κ3) is 2.39. The molecule has 0 bridgehead atoms. The van der Waals surface area contributed by atoms with Crippen LogP contribution in [0, 0.1) is 6.92 Å². The average Bonchev–Trinajstić information content (AvgIpc) is 2.10. The summed E-state index contributed by atoms with van der Waals surface area (Å²) < 4.78 is 3.46. The maximum Gasteiger partial charge on any atom is 0.217 e. The van der Waals surface area contributed by atoms with Gasteiger partial charge in [-0.15, -0.1) is 0 Å². The Hall–Kier alpha value is -0.670. The van der Waals surface area contributed by atoms with Gasteiger partial charge in [0, 0.05) is 26.5 Å². The van der Waals surface area contributed by atoms with Crippen LogP contribution in [-0.4, -0.2) is 14.3 Å². The largest absolute Gasteiger partial charge is 0.292 e. The van der Waals surface area contributed by atoms with Crippen LogP contribution in [0.4, 0.5) is 0 Å². The van der Waals surface area contributed by atoms with E-state index in [-0.39, 0.29) is 0 Å². The van der Waals surface area contributed by atoms with Gasteiger partial charge in [0.25, 0.3) is 0 Å². The molecule has 0 spiro atoms. The molecule has 0 atom stereocenters. The Morgan fingerprint density at radius 3 is 2.54 bits per heavy atom. The van der Waals surface area contributed by atoms with Crippen LogP contribution in [0.5, 0.6) is 0 Å². The summed E-state index contributed by atoms with van der Waals surface area (Å²) in [5.41, 5.74) is 0.889. The van der Waals surface area contributed by atoms with Crippen molar-refractivity contribution in [1.82, 2.24) is 14.3 Å². The highest BCUT2D eigenvalue weighted by molar-refractivity contribution is 6.31. The van der Waals surface area contributed by atoms with Crippen LogP contribution in [0.2, 0.25) is 10.3 Å². The lowest BCUT2D eigenvalue weighted by Crippen LogP contribution is -2.08. The van der Waals surface area contributed by atoms with Gasteiger partial charge in [-0.3, -0.25) is 9.36 Å². The third-order valence-electron chi connectivity index (χ3n) is 1.78. The lowest BCUT2D eigenvalue weighted by Gasteiger charge is -2.07. The highest BCUT2D eigenvalue weighted by Crippen LogP contribution is 2.11. The average molecular weight is 220 g/mol. The minimum atomic E-state index is 0.405. The number of nitrogens with zero attached hydrogens (tertiary/aromatic N) is 3. The van der Waals surface area contributed by atoms with E-state index in [2.05, 4.69) is 4.98 Å². The molecule has 0 amide bonds. The normalized spacial score (nSPS) is 9.92. The topological polar surface area (TPSA) is 22.8 Å². The first-order valence-electron chi connectivity index (χ1n) is 3.76. The number of aryl methyl sites for hydroxylation is 2. The number of aromatic nitrogens is 3. The van der Waals surface area contributed by atoms with Crippen molar-refractivity contribution in [2.45, 2.75) is 6.92 Å². The molecule has 0 saturated heterocycles. The first kappa shape index (κ1) is 10.4. The second-order valence-electron chi connectivity index (χ2n) is 2.78. The Morgan fingerprint density at radius 2 is 1.92 bits per heavy atom. The van der Waals surface area contributed by atoms with Crippen molar-refractivity contribution in [2.24, 2.45) is 14.1 Å². The van der Waals surface area contributed by atoms with Crippen LogP contribution < -0.4 is 0 Å². The molecular formula is C8H11Cl2N3. The van der Waals surface area contributed by atoms with Crippen LogP contribution >= 0.6 is 23.2 Å². The fraction of sp³-hybridized carbons (Fsp3) is 0.375. The fourth-order valence-electron chi connectivity index (χ4n) is 0.778. The number of rotatable bonds is 0. The van der Waals surface area contributed by atoms with Crippen molar-refractivity contribution in [3.63, 3.8) is 0 Å². The number of halogens is 2. The highest BCUT2D eigenvalue weighted by Gasteiger charge is 1.95. The van der Waals surface area contributed by atoms with Crippen LogP contribution in [0.3, 0.4) is 0 Å². The lowest BCUT2D eigenvalue weighted by atomic mass is 10.4. The molecule has 0 radical (unpaired) electrons. The molecule has 13 heavy (non-hydrogen) atoms. The van der Waals surface area contributed by atoms with Gasteiger partial charge in [0.1, 0.15) is 0 Å². The van der Waals surface area contributed by atoms with Crippen LogP contribution in [0.25, 0.3) is 0 Å². The Labute approximate surface area is 87.2 Å². The summed E-state index contributed by atoms with van der Waals surface area (Å²) in [6.07, 6.45) is 3.43. The third-order valence-corrected chi connectivity index (χ3v) is 2.52. The molecule has 1 heterocycles. The van der Waals surface area contributed by atoms with Crippen molar-refractivity contribution >= 4 is 23.2 Å². The molecular weight excluding hydrogens is 209 g/mol. The van der Waals surface area contributed by atoms with Gasteiger partial charge >= 0.3 is 0 Å². The molecule has 1 aromatic heterocycles. The Morgan fingerprint density at radius 1 is 1.31 bits per heavy atom. The van der Waals surface area contributed by atoms with Crippen molar-refractivity contribution in [1.29, 1.82) is 0 Å². The quantitative estimate of drug-likeness (QED) is 0.658. The summed E-state index contributed by atoms with van der Waals surface area (Å²) in [5, 5.41) is 1.06. The van der Waals surface area contributed by atoms with Crippen molar-refractivity contribution in [3.8, 4) is 0 Å². The van der Waals surface area contributed by atoms with E-state index in [4.69, 9.17) is 23.2 Å². The maximum atomic E-state index is 5.96. The Balaban J connectivity index is 3.54. The molecule has 3 nitrogen and oxygen atoms in total. The summed E-state index contributed by atoms with van der Waals surface area (Å²) >= 11 is 11.8. The van der Waals surface area contributed by atoms with E-state index in [0.717, 1.165) is 5.56 Å².